The topological polar surface area (TPSA) is 87.7 Å². The van der Waals surface area contributed by atoms with Crippen LogP contribution in [-0.4, -0.2) is 23.4 Å². The van der Waals surface area contributed by atoms with Crippen LogP contribution in [0.1, 0.15) is 17.5 Å². The molecule has 112 valence electrons. The van der Waals surface area contributed by atoms with Gasteiger partial charge in [-0.1, -0.05) is 6.07 Å². The SMILES string of the molecule is O=S(=O)(Nc1cnc2nc[nH]c2c1)c1ccc2c(c1)CCC2. The molecule has 0 saturated heterocycles. The van der Waals surface area contributed by atoms with E-state index in [1.54, 1.807) is 18.2 Å². The van der Waals surface area contributed by atoms with E-state index in [1.807, 2.05) is 6.07 Å². The van der Waals surface area contributed by atoms with Gasteiger partial charge in [0.15, 0.2) is 5.65 Å². The van der Waals surface area contributed by atoms with Gasteiger partial charge in [-0.3, -0.25) is 4.72 Å². The number of nitrogens with zero attached hydrogens (tertiary/aromatic N) is 2. The maximum absolute atomic E-state index is 12.5. The second-order valence-corrected chi connectivity index (χ2v) is 7.07. The van der Waals surface area contributed by atoms with Gasteiger partial charge in [-0.15, -0.1) is 0 Å². The van der Waals surface area contributed by atoms with Crippen molar-refractivity contribution < 1.29 is 8.42 Å². The number of aromatic nitrogens is 3. The fourth-order valence-corrected chi connectivity index (χ4v) is 3.90. The van der Waals surface area contributed by atoms with Gasteiger partial charge < -0.3 is 4.98 Å². The molecule has 0 bridgehead atoms. The Morgan fingerprint density at radius 1 is 1.09 bits per heavy atom. The maximum atomic E-state index is 12.5. The molecule has 2 aromatic heterocycles. The molecule has 0 unspecified atom stereocenters. The van der Waals surface area contributed by atoms with Crippen molar-refractivity contribution in [3.8, 4) is 0 Å². The number of rotatable bonds is 3. The van der Waals surface area contributed by atoms with Gasteiger partial charge >= 0.3 is 0 Å². The third-order valence-electron chi connectivity index (χ3n) is 3.91. The Morgan fingerprint density at radius 3 is 2.86 bits per heavy atom. The third-order valence-corrected chi connectivity index (χ3v) is 5.28. The fourth-order valence-electron chi connectivity index (χ4n) is 2.81. The normalized spacial score (nSPS) is 14.2. The zero-order valence-corrected chi connectivity index (χ0v) is 12.5. The number of hydrogen-bond acceptors (Lipinski definition) is 4. The third kappa shape index (κ3) is 2.23. The minimum Gasteiger partial charge on any atom is -0.343 e. The Morgan fingerprint density at radius 2 is 1.95 bits per heavy atom. The van der Waals surface area contributed by atoms with E-state index in [4.69, 9.17) is 0 Å². The highest BCUT2D eigenvalue weighted by Crippen LogP contribution is 2.26. The van der Waals surface area contributed by atoms with Crippen molar-refractivity contribution in [2.75, 3.05) is 4.72 Å². The summed E-state index contributed by atoms with van der Waals surface area (Å²) in [5, 5.41) is 0. The second-order valence-electron chi connectivity index (χ2n) is 5.39. The van der Waals surface area contributed by atoms with Crippen molar-refractivity contribution in [2.24, 2.45) is 0 Å². The molecule has 1 aromatic carbocycles. The van der Waals surface area contributed by atoms with Crippen molar-refractivity contribution in [3.05, 3.63) is 47.9 Å². The molecule has 0 amide bonds. The van der Waals surface area contributed by atoms with Crippen LogP contribution in [0.5, 0.6) is 0 Å². The summed E-state index contributed by atoms with van der Waals surface area (Å²) < 4.78 is 27.6. The number of aryl methyl sites for hydroxylation is 2. The summed E-state index contributed by atoms with van der Waals surface area (Å²) in [5.41, 5.74) is 4.04. The van der Waals surface area contributed by atoms with Gasteiger partial charge in [-0.25, -0.2) is 18.4 Å². The summed E-state index contributed by atoms with van der Waals surface area (Å²) >= 11 is 0. The standard InChI is InChI=1S/C15H14N4O2S/c20-22(21,13-5-4-10-2-1-3-11(10)6-13)19-12-7-14-15(16-8-12)18-9-17-14/h4-9,19H,1-3H2,(H,16,17,18). The van der Waals surface area contributed by atoms with Gasteiger partial charge in [0.05, 0.1) is 28.6 Å². The monoisotopic (exact) mass is 314 g/mol. The molecule has 2 heterocycles. The van der Waals surface area contributed by atoms with Crippen LogP contribution in [0.25, 0.3) is 11.2 Å². The molecule has 0 radical (unpaired) electrons. The van der Waals surface area contributed by atoms with Crippen molar-refractivity contribution in [1.82, 2.24) is 15.0 Å². The van der Waals surface area contributed by atoms with Crippen molar-refractivity contribution >= 4 is 26.9 Å². The van der Waals surface area contributed by atoms with Crippen LogP contribution in [-0.2, 0) is 22.9 Å². The first-order chi connectivity index (χ1) is 10.6. The number of pyridine rings is 1. The Bertz CT molecular complexity index is 963. The van der Waals surface area contributed by atoms with Crippen LogP contribution in [0.2, 0.25) is 0 Å². The van der Waals surface area contributed by atoms with Gasteiger partial charge in [0.1, 0.15) is 0 Å². The van der Waals surface area contributed by atoms with Crippen LogP contribution in [0.3, 0.4) is 0 Å². The predicted molar refractivity (Wildman–Crippen MR) is 83.2 cm³/mol. The Kier molecular flexibility index (Phi) is 2.90. The lowest BCUT2D eigenvalue weighted by molar-refractivity contribution is 0.601. The highest BCUT2D eigenvalue weighted by molar-refractivity contribution is 7.92. The molecule has 0 aliphatic heterocycles. The van der Waals surface area contributed by atoms with E-state index < -0.39 is 10.0 Å². The van der Waals surface area contributed by atoms with Crippen molar-refractivity contribution in [2.45, 2.75) is 24.2 Å². The summed E-state index contributed by atoms with van der Waals surface area (Å²) in [6.45, 7) is 0. The largest absolute Gasteiger partial charge is 0.343 e. The molecule has 4 rings (SSSR count). The molecule has 7 heteroatoms. The van der Waals surface area contributed by atoms with E-state index in [-0.39, 0.29) is 4.90 Å². The second kappa shape index (κ2) is 4.81. The molecule has 1 aliphatic carbocycles. The Balaban J connectivity index is 1.68. The van der Waals surface area contributed by atoms with Crippen LogP contribution in [0.4, 0.5) is 5.69 Å². The molecular formula is C15H14N4O2S. The first-order valence-corrected chi connectivity index (χ1v) is 8.54. The lowest BCUT2D eigenvalue weighted by atomic mass is 10.1. The Hall–Kier alpha value is -2.41. The van der Waals surface area contributed by atoms with Crippen LogP contribution < -0.4 is 4.72 Å². The van der Waals surface area contributed by atoms with Crippen LogP contribution in [0.15, 0.2) is 41.7 Å². The lowest BCUT2D eigenvalue weighted by Crippen LogP contribution is -2.13. The summed E-state index contributed by atoms with van der Waals surface area (Å²) in [5.74, 6) is 0. The van der Waals surface area contributed by atoms with Gasteiger partial charge in [-0.05, 0) is 48.6 Å². The molecule has 1 aliphatic rings. The summed E-state index contributed by atoms with van der Waals surface area (Å²) in [6.07, 6.45) is 6.06. The van der Waals surface area contributed by atoms with Gasteiger partial charge in [0.25, 0.3) is 10.0 Å². The average Bonchev–Trinajstić information content (AvgIpc) is 3.14. The number of imidazole rings is 1. The van der Waals surface area contributed by atoms with E-state index in [1.165, 1.54) is 18.1 Å². The maximum Gasteiger partial charge on any atom is 0.261 e. The summed E-state index contributed by atoms with van der Waals surface area (Å²) in [6, 6.07) is 7.02. The van der Waals surface area contributed by atoms with E-state index in [2.05, 4.69) is 19.7 Å². The average molecular weight is 314 g/mol. The van der Waals surface area contributed by atoms with E-state index >= 15 is 0 Å². The number of benzene rings is 1. The van der Waals surface area contributed by atoms with Crippen LogP contribution in [0, 0.1) is 0 Å². The lowest BCUT2D eigenvalue weighted by Gasteiger charge is -2.09. The molecule has 2 N–H and O–H groups in total. The number of nitrogens with one attached hydrogen (secondary N) is 2. The van der Waals surface area contributed by atoms with Gasteiger partial charge in [0.2, 0.25) is 0 Å². The predicted octanol–water partition coefficient (Wildman–Crippen LogP) is 2.25. The molecule has 0 fully saturated rings. The highest BCUT2D eigenvalue weighted by Gasteiger charge is 2.19. The molecule has 6 nitrogen and oxygen atoms in total. The summed E-state index contributed by atoms with van der Waals surface area (Å²) in [7, 11) is -3.61. The van der Waals surface area contributed by atoms with Gasteiger partial charge in [0, 0.05) is 0 Å². The van der Waals surface area contributed by atoms with Gasteiger partial charge in [-0.2, -0.15) is 0 Å². The molecule has 0 spiro atoms. The van der Waals surface area contributed by atoms with E-state index in [0.717, 1.165) is 24.8 Å². The minimum absolute atomic E-state index is 0.290. The summed E-state index contributed by atoms with van der Waals surface area (Å²) in [4.78, 5) is 11.3. The zero-order chi connectivity index (χ0) is 15.2. The number of aromatic amines is 1. The Labute approximate surface area is 127 Å². The highest BCUT2D eigenvalue weighted by atomic mass is 32.2. The smallest absolute Gasteiger partial charge is 0.261 e. The number of sulfonamides is 1. The van der Waals surface area contributed by atoms with Crippen molar-refractivity contribution in [1.29, 1.82) is 0 Å². The molecule has 0 atom stereocenters. The number of anilines is 1. The van der Waals surface area contributed by atoms with Crippen LogP contribution >= 0.6 is 0 Å². The molecule has 3 aromatic rings. The van der Waals surface area contributed by atoms with E-state index in [0.29, 0.717) is 16.9 Å². The number of hydrogen-bond donors (Lipinski definition) is 2. The van der Waals surface area contributed by atoms with E-state index in [9.17, 15) is 8.42 Å². The van der Waals surface area contributed by atoms with Crippen molar-refractivity contribution in [3.63, 3.8) is 0 Å². The molecule has 0 saturated carbocycles. The molecular weight excluding hydrogens is 300 g/mol. The fraction of sp³-hybridized carbons (Fsp3) is 0.200. The first kappa shape index (κ1) is 13.3. The number of H-pyrrole nitrogens is 1. The first-order valence-electron chi connectivity index (χ1n) is 7.06. The number of fused-ring (bicyclic) bond motifs is 2. The molecule has 22 heavy (non-hydrogen) atoms. The quantitative estimate of drug-likeness (QED) is 0.776. The zero-order valence-electron chi connectivity index (χ0n) is 11.7. The minimum atomic E-state index is -3.61.